The molecule has 0 aliphatic heterocycles. The van der Waals surface area contributed by atoms with Gasteiger partial charge in [0, 0.05) is 18.6 Å². The molecule has 0 amide bonds. The second-order valence-electron chi connectivity index (χ2n) is 3.31. The van der Waals surface area contributed by atoms with E-state index in [1.165, 1.54) is 6.20 Å². The Balaban J connectivity index is 0.000000686. The molecule has 0 atom stereocenters. The minimum absolute atomic E-state index is 0.198. The van der Waals surface area contributed by atoms with Crippen LogP contribution in [-0.2, 0) is 7.05 Å². The molecule has 2 aromatic rings. The Hall–Kier alpha value is -2.10. The van der Waals surface area contributed by atoms with Crippen LogP contribution in [0.2, 0.25) is 0 Å². The van der Waals surface area contributed by atoms with Crippen LogP contribution in [0, 0.1) is 0 Å². The van der Waals surface area contributed by atoms with Gasteiger partial charge in [-0.15, -0.1) is 0 Å². The average Bonchev–Trinajstić information content (AvgIpc) is 2.36. The molecule has 1 aromatic heterocycles. The molecular weight excluding hydrogens is 218 g/mol. The minimum Gasteiger partial charge on any atom is -0.477 e. The monoisotopic (exact) mass is 233 g/mol. The highest BCUT2D eigenvalue weighted by Crippen LogP contribution is 2.09. The Labute approximate surface area is 99.1 Å². The van der Waals surface area contributed by atoms with Gasteiger partial charge < -0.3 is 9.67 Å². The number of aryl methyl sites for hydroxylation is 1. The number of para-hydroxylation sites is 1. The number of rotatable bonds is 1. The first kappa shape index (κ1) is 13.0. The van der Waals surface area contributed by atoms with Gasteiger partial charge in [0.05, 0.1) is 5.52 Å². The third-order valence-corrected chi connectivity index (χ3v) is 2.33. The van der Waals surface area contributed by atoms with Crippen LogP contribution in [0.5, 0.6) is 0 Å². The summed E-state index contributed by atoms with van der Waals surface area (Å²) in [6.07, 6.45) is 1.34. The second kappa shape index (κ2) is 5.30. The maximum Gasteiger partial charge on any atom is 0.341 e. The number of aromatic nitrogens is 1. The normalized spacial score (nSPS) is 9.59. The van der Waals surface area contributed by atoms with E-state index in [4.69, 9.17) is 5.11 Å². The van der Waals surface area contributed by atoms with Crippen LogP contribution >= 0.6 is 0 Å². The summed E-state index contributed by atoms with van der Waals surface area (Å²) in [4.78, 5) is 22.5. The molecule has 1 aromatic carbocycles. The van der Waals surface area contributed by atoms with E-state index in [1.807, 2.05) is 19.9 Å². The maximum absolute atomic E-state index is 11.7. The number of carboxylic acids is 1. The van der Waals surface area contributed by atoms with Crippen molar-refractivity contribution in [1.29, 1.82) is 0 Å². The third kappa shape index (κ3) is 2.36. The molecule has 90 valence electrons. The average molecular weight is 233 g/mol. The molecule has 1 N–H and O–H groups in total. The summed E-state index contributed by atoms with van der Waals surface area (Å²) < 4.78 is 1.64. The lowest BCUT2D eigenvalue weighted by molar-refractivity contribution is 0.0695. The molecule has 0 unspecified atom stereocenters. The van der Waals surface area contributed by atoms with E-state index in [-0.39, 0.29) is 5.56 Å². The highest BCUT2D eigenvalue weighted by molar-refractivity contribution is 5.92. The quantitative estimate of drug-likeness (QED) is 0.821. The lowest BCUT2D eigenvalue weighted by atomic mass is 10.1. The summed E-state index contributed by atoms with van der Waals surface area (Å²) in [6.45, 7) is 4.00. The molecule has 17 heavy (non-hydrogen) atoms. The number of carboxylic acid groups (broad SMARTS) is 1. The molecule has 0 fully saturated rings. The summed E-state index contributed by atoms with van der Waals surface area (Å²) in [5.74, 6) is -1.19. The van der Waals surface area contributed by atoms with Gasteiger partial charge in [0.2, 0.25) is 5.43 Å². The predicted molar refractivity (Wildman–Crippen MR) is 67.5 cm³/mol. The summed E-state index contributed by atoms with van der Waals surface area (Å²) in [7, 11) is 1.72. The number of nitrogens with zero attached hydrogens (tertiary/aromatic N) is 1. The Morgan fingerprint density at radius 2 is 1.82 bits per heavy atom. The van der Waals surface area contributed by atoms with E-state index in [1.54, 1.807) is 29.8 Å². The number of benzene rings is 1. The van der Waals surface area contributed by atoms with Crippen molar-refractivity contribution in [3.05, 3.63) is 46.2 Å². The molecule has 0 saturated carbocycles. The first-order valence-electron chi connectivity index (χ1n) is 5.43. The zero-order valence-electron chi connectivity index (χ0n) is 10.1. The Bertz CT molecular complexity index is 599. The van der Waals surface area contributed by atoms with Gasteiger partial charge in [0.1, 0.15) is 5.56 Å². The van der Waals surface area contributed by atoms with Gasteiger partial charge in [0.25, 0.3) is 0 Å². The summed E-state index contributed by atoms with van der Waals surface area (Å²) in [5, 5.41) is 9.27. The van der Waals surface area contributed by atoms with E-state index in [9.17, 15) is 9.59 Å². The first-order valence-corrected chi connectivity index (χ1v) is 5.43. The minimum atomic E-state index is -1.19. The van der Waals surface area contributed by atoms with E-state index < -0.39 is 11.4 Å². The fourth-order valence-corrected chi connectivity index (χ4v) is 1.59. The van der Waals surface area contributed by atoms with Crippen LogP contribution in [0.4, 0.5) is 0 Å². The molecule has 2 rings (SSSR count). The molecule has 0 radical (unpaired) electrons. The van der Waals surface area contributed by atoms with Gasteiger partial charge in [-0.3, -0.25) is 4.79 Å². The summed E-state index contributed by atoms with van der Waals surface area (Å²) in [5.41, 5.74) is 0.0971. The van der Waals surface area contributed by atoms with Crippen molar-refractivity contribution in [1.82, 2.24) is 4.57 Å². The predicted octanol–water partition coefficient (Wildman–Crippen LogP) is 2.26. The molecule has 4 heteroatoms. The zero-order chi connectivity index (χ0) is 13.0. The molecule has 0 aliphatic carbocycles. The molecule has 4 nitrogen and oxygen atoms in total. The lowest BCUT2D eigenvalue weighted by Gasteiger charge is -2.05. The van der Waals surface area contributed by atoms with Gasteiger partial charge in [0.15, 0.2) is 0 Å². The van der Waals surface area contributed by atoms with E-state index in [2.05, 4.69) is 0 Å². The van der Waals surface area contributed by atoms with Gasteiger partial charge in [-0.1, -0.05) is 26.0 Å². The Kier molecular flexibility index (Phi) is 4.04. The number of aromatic carboxylic acids is 1. The highest BCUT2D eigenvalue weighted by Gasteiger charge is 2.12. The number of fused-ring (bicyclic) bond motifs is 1. The van der Waals surface area contributed by atoms with Crippen molar-refractivity contribution in [3.8, 4) is 0 Å². The topological polar surface area (TPSA) is 59.3 Å². The lowest BCUT2D eigenvalue weighted by Crippen LogP contribution is -2.17. The fourth-order valence-electron chi connectivity index (χ4n) is 1.59. The van der Waals surface area contributed by atoms with Crippen LogP contribution in [0.3, 0.4) is 0 Å². The maximum atomic E-state index is 11.7. The zero-order valence-corrected chi connectivity index (χ0v) is 10.1. The largest absolute Gasteiger partial charge is 0.477 e. The summed E-state index contributed by atoms with van der Waals surface area (Å²) >= 11 is 0. The number of carbonyl (C=O) groups is 1. The Morgan fingerprint density at radius 3 is 2.41 bits per heavy atom. The van der Waals surface area contributed by atoms with Gasteiger partial charge in [-0.05, 0) is 12.1 Å². The van der Waals surface area contributed by atoms with Gasteiger partial charge in [-0.25, -0.2) is 4.79 Å². The SMILES string of the molecule is CC.Cn1cc(C(=O)O)c(=O)c2ccccc21. The van der Waals surface area contributed by atoms with Gasteiger partial charge in [-0.2, -0.15) is 0 Å². The molecule has 0 saturated heterocycles. The van der Waals surface area contributed by atoms with Crippen molar-refractivity contribution in [2.75, 3.05) is 0 Å². The standard InChI is InChI=1S/C11H9NO3.C2H6/c1-12-6-8(11(14)15)10(13)7-4-2-3-5-9(7)12;1-2/h2-6H,1H3,(H,14,15);1-2H3. The highest BCUT2D eigenvalue weighted by atomic mass is 16.4. The van der Waals surface area contributed by atoms with Crippen LogP contribution in [0.25, 0.3) is 10.9 Å². The van der Waals surface area contributed by atoms with Crippen LogP contribution in [0.15, 0.2) is 35.3 Å². The molecular formula is C13H15NO3. The van der Waals surface area contributed by atoms with Crippen LogP contribution in [0.1, 0.15) is 24.2 Å². The molecule has 1 heterocycles. The molecule has 0 bridgehead atoms. The first-order chi connectivity index (χ1) is 8.11. The van der Waals surface area contributed by atoms with Crippen molar-refractivity contribution < 1.29 is 9.90 Å². The van der Waals surface area contributed by atoms with Crippen molar-refractivity contribution in [2.24, 2.45) is 7.05 Å². The second-order valence-corrected chi connectivity index (χ2v) is 3.31. The van der Waals surface area contributed by atoms with E-state index in [0.29, 0.717) is 5.39 Å². The van der Waals surface area contributed by atoms with Crippen LogP contribution in [-0.4, -0.2) is 15.6 Å². The van der Waals surface area contributed by atoms with Crippen molar-refractivity contribution >= 4 is 16.9 Å². The smallest absolute Gasteiger partial charge is 0.341 e. The van der Waals surface area contributed by atoms with Crippen LogP contribution < -0.4 is 5.43 Å². The van der Waals surface area contributed by atoms with Gasteiger partial charge >= 0.3 is 5.97 Å². The fraction of sp³-hybridized carbons (Fsp3) is 0.231. The number of pyridine rings is 1. The molecule has 0 aliphatic rings. The van der Waals surface area contributed by atoms with E-state index in [0.717, 1.165) is 5.52 Å². The van der Waals surface area contributed by atoms with Crippen molar-refractivity contribution in [2.45, 2.75) is 13.8 Å². The number of hydrogen-bond acceptors (Lipinski definition) is 2. The Morgan fingerprint density at radius 1 is 1.24 bits per heavy atom. The van der Waals surface area contributed by atoms with E-state index >= 15 is 0 Å². The molecule has 0 spiro atoms. The third-order valence-electron chi connectivity index (χ3n) is 2.33. The van der Waals surface area contributed by atoms with Crippen molar-refractivity contribution in [3.63, 3.8) is 0 Å². The number of hydrogen-bond donors (Lipinski definition) is 1. The summed E-state index contributed by atoms with van der Waals surface area (Å²) in [6, 6.07) is 6.93.